The smallest absolute Gasteiger partial charge is 0.263 e. The Hall–Kier alpha value is -3.02. The minimum absolute atomic E-state index is 0.0909. The maximum absolute atomic E-state index is 13.4. The number of hydrogen-bond donors (Lipinski definition) is 2. The molecule has 1 amide bonds. The van der Waals surface area contributed by atoms with Crippen molar-refractivity contribution in [3.8, 4) is 11.8 Å². The Kier molecular flexibility index (Phi) is 9.71. The maximum Gasteiger partial charge on any atom is 0.263 e. The van der Waals surface area contributed by atoms with Gasteiger partial charge in [0.2, 0.25) is 11.9 Å². The first-order valence-electron chi connectivity index (χ1n) is 14.3. The number of carbonyl (C=O) groups is 1. The van der Waals surface area contributed by atoms with Crippen molar-refractivity contribution in [2.45, 2.75) is 98.8 Å². The Morgan fingerprint density at radius 3 is 2.51 bits per heavy atom. The number of aromatic nitrogens is 3. The highest BCUT2D eigenvalue weighted by Crippen LogP contribution is 2.39. The number of nitrogens with one attached hydrogen (secondary N) is 2. The van der Waals surface area contributed by atoms with Gasteiger partial charge in [0.05, 0.1) is 32.1 Å². The topological polar surface area (TPSA) is 101 Å². The summed E-state index contributed by atoms with van der Waals surface area (Å²) in [5, 5.41) is 3.11. The lowest BCUT2D eigenvalue weighted by atomic mass is 9.96. The van der Waals surface area contributed by atoms with E-state index in [1.165, 1.54) is 0 Å². The van der Waals surface area contributed by atoms with E-state index in [9.17, 15) is 9.59 Å². The summed E-state index contributed by atoms with van der Waals surface area (Å²) in [5.41, 5.74) is 0.753. The van der Waals surface area contributed by atoms with Crippen LogP contribution in [0.15, 0.2) is 41.3 Å². The van der Waals surface area contributed by atoms with Gasteiger partial charge in [0.15, 0.2) is 5.65 Å². The van der Waals surface area contributed by atoms with Crippen LogP contribution in [0.3, 0.4) is 0 Å². The molecular formula is C31H42N5O4P. The van der Waals surface area contributed by atoms with Crippen LogP contribution in [-0.2, 0) is 14.1 Å². The van der Waals surface area contributed by atoms with Crippen molar-refractivity contribution in [3.63, 3.8) is 0 Å². The molecule has 9 nitrogen and oxygen atoms in total. The van der Waals surface area contributed by atoms with Crippen molar-refractivity contribution < 1.29 is 14.1 Å². The Labute approximate surface area is 244 Å². The fourth-order valence-electron chi connectivity index (χ4n) is 4.78. The van der Waals surface area contributed by atoms with Crippen LogP contribution in [0.25, 0.3) is 11.0 Å². The van der Waals surface area contributed by atoms with Crippen LogP contribution in [0.1, 0.15) is 85.6 Å². The van der Waals surface area contributed by atoms with Crippen LogP contribution in [0.2, 0.25) is 0 Å². The molecule has 1 unspecified atom stereocenters. The van der Waals surface area contributed by atoms with E-state index >= 15 is 0 Å². The summed E-state index contributed by atoms with van der Waals surface area (Å²) >= 11 is 0. The molecule has 0 spiro atoms. The molecule has 3 heterocycles. The second kappa shape index (κ2) is 12.9. The number of anilines is 1. The number of aromatic amines is 1. The van der Waals surface area contributed by atoms with Crippen molar-refractivity contribution in [2.75, 3.05) is 5.32 Å². The molecule has 4 atom stereocenters. The highest BCUT2D eigenvalue weighted by Gasteiger charge is 2.38. The molecule has 3 aromatic rings. The third-order valence-electron chi connectivity index (χ3n) is 7.03. The molecule has 2 N–H and O–H groups in total. The first-order chi connectivity index (χ1) is 19.4. The van der Waals surface area contributed by atoms with Gasteiger partial charge in [0.1, 0.15) is 6.23 Å². The molecule has 10 heteroatoms. The lowest BCUT2D eigenvalue weighted by Crippen LogP contribution is -2.31. The summed E-state index contributed by atoms with van der Waals surface area (Å²) in [6.07, 6.45) is 2.60. The van der Waals surface area contributed by atoms with Crippen molar-refractivity contribution in [1.29, 1.82) is 0 Å². The van der Waals surface area contributed by atoms with Gasteiger partial charge in [-0.25, -0.2) is 0 Å². The van der Waals surface area contributed by atoms with Gasteiger partial charge in [0.25, 0.3) is 5.56 Å². The van der Waals surface area contributed by atoms with Crippen LogP contribution in [0.5, 0.6) is 0 Å². The highest BCUT2D eigenvalue weighted by molar-refractivity contribution is 7.29. The van der Waals surface area contributed by atoms with Crippen LogP contribution >= 0.6 is 8.96 Å². The van der Waals surface area contributed by atoms with E-state index in [4.69, 9.17) is 9.26 Å². The number of amides is 1. The minimum Gasteiger partial charge on any atom is -0.352 e. The Balaban J connectivity index is 1.73. The largest absolute Gasteiger partial charge is 0.352 e. The first-order valence-corrected chi connectivity index (χ1v) is 15.1. The average Bonchev–Trinajstić information content (AvgIpc) is 3.48. The maximum atomic E-state index is 13.4. The molecule has 1 aliphatic rings. The SMILES string of the molecule is CC[C@H]1O[C@@H](n2cc(C#Cc3ccccc3)c3c(=O)[nH]c(NC(=O)C(C)(C)C)nc32)C[C@H]1OPN(C(C)C)C(C)C. The van der Waals surface area contributed by atoms with E-state index in [0.29, 0.717) is 35.1 Å². The normalized spacial score (nSPS) is 19.5. The van der Waals surface area contributed by atoms with Gasteiger partial charge in [0, 0.05) is 35.7 Å². The molecule has 0 saturated carbocycles. The van der Waals surface area contributed by atoms with Crippen LogP contribution in [-0.4, -0.2) is 49.4 Å². The fourth-order valence-corrected chi connectivity index (χ4v) is 5.71. The summed E-state index contributed by atoms with van der Waals surface area (Å²) in [4.78, 5) is 33.5. The van der Waals surface area contributed by atoms with Crippen LogP contribution < -0.4 is 10.9 Å². The number of H-pyrrole nitrogens is 1. The quantitative estimate of drug-likeness (QED) is 0.258. The number of carbonyl (C=O) groups excluding carboxylic acids is 1. The molecule has 41 heavy (non-hydrogen) atoms. The van der Waals surface area contributed by atoms with Gasteiger partial charge in [-0.3, -0.25) is 24.6 Å². The fraction of sp³-hybridized carbons (Fsp3) is 0.516. The minimum atomic E-state index is -0.657. The van der Waals surface area contributed by atoms with E-state index in [-0.39, 0.29) is 38.6 Å². The summed E-state index contributed by atoms with van der Waals surface area (Å²) < 4.78 is 17.1. The van der Waals surface area contributed by atoms with Gasteiger partial charge in [-0.2, -0.15) is 4.98 Å². The third kappa shape index (κ3) is 7.25. The van der Waals surface area contributed by atoms with Gasteiger partial charge in [-0.05, 0) is 46.2 Å². The summed E-state index contributed by atoms with van der Waals surface area (Å²) in [7, 11) is 0.216. The molecule has 2 aromatic heterocycles. The second-order valence-corrected chi connectivity index (χ2v) is 12.9. The molecule has 0 bridgehead atoms. The number of ether oxygens (including phenoxy) is 1. The van der Waals surface area contributed by atoms with E-state index < -0.39 is 11.6 Å². The number of hydrogen-bond acceptors (Lipinski definition) is 6. The number of nitrogens with zero attached hydrogens (tertiary/aromatic N) is 3. The van der Waals surface area contributed by atoms with Gasteiger partial charge >= 0.3 is 0 Å². The summed E-state index contributed by atoms with van der Waals surface area (Å²) in [6.45, 7) is 16.2. The Morgan fingerprint density at radius 2 is 1.90 bits per heavy atom. The molecule has 4 rings (SSSR count). The van der Waals surface area contributed by atoms with E-state index in [1.54, 1.807) is 20.8 Å². The molecular weight excluding hydrogens is 537 g/mol. The Morgan fingerprint density at radius 1 is 1.22 bits per heavy atom. The lowest BCUT2D eigenvalue weighted by molar-refractivity contribution is -0.123. The van der Waals surface area contributed by atoms with E-state index in [0.717, 1.165) is 12.0 Å². The lowest BCUT2D eigenvalue weighted by Gasteiger charge is -2.31. The molecule has 1 aliphatic heterocycles. The zero-order valence-electron chi connectivity index (χ0n) is 25.2. The molecule has 0 aliphatic carbocycles. The van der Waals surface area contributed by atoms with Crippen molar-refractivity contribution in [2.24, 2.45) is 5.41 Å². The first kappa shape index (κ1) is 30.9. The highest BCUT2D eigenvalue weighted by atomic mass is 31.1. The van der Waals surface area contributed by atoms with Crippen molar-refractivity contribution >= 4 is 31.8 Å². The van der Waals surface area contributed by atoms with E-state index in [1.807, 2.05) is 41.1 Å². The Bertz CT molecular complexity index is 1470. The molecule has 1 fully saturated rings. The standard InChI is InChI=1S/C31H42N5O4P/c1-9-23-24(40-41-36(19(2)3)20(4)5)17-25(39-23)35-18-22(16-15-21-13-11-10-12-14-21)26-27(35)32-30(33-28(26)37)34-29(38)31(6,7)8/h10-14,18-20,23-25,41H,9,17H2,1-8H3,(H2,32,33,34,37,38)/t23-,24-,25-/m1/s1. The predicted octanol–water partition coefficient (Wildman–Crippen LogP) is 5.82. The zero-order valence-corrected chi connectivity index (χ0v) is 26.2. The molecule has 1 aromatic carbocycles. The monoisotopic (exact) mass is 579 g/mol. The average molecular weight is 580 g/mol. The van der Waals surface area contributed by atoms with E-state index in [2.05, 4.69) is 66.4 Å². The number of rotatable bonds is 8. The van der Waals surface area contributed by atoms with Gasteiger partial charge < -0.3 is 13.8 Å². The van der Waals surface area contributed by atoms with Crippen molar-refractivity contribution in [3.05, 3.63) is 58.0 Å². The second-order valence-electron chi connectivity index (χ2n) is 12.0. The zero-order chi connectivity index (χ0) is 29.9. The molecule has 220 valence electrons. The van der Waals surface area contributed by atoms with Gasteiger partial charge in [-0.1, -0.05) is 57.7 Å². The van der Waals surface area contributed by atoms with Crippen LogP contribution in [0, 0.1) is 17.3 Å². The van der Waals surface area contributed by atoms with Crippen LogP contribution in [0.4, 0.5) is 5.95 Å². The van der Waals surface area contributed by atoms with Gasteiger partial charge in [-0.15, -0.1) is 0 Å². The third-order valence-corrected chi connectivity index (χ3v) is 8.68. The summed E-state index contributed by atoms with van der Waals surface area (Å²) in [6, 6.07) is 10.3. The molecule has 1 saturated heterocycles. The predicted molar refractivity (Wildman–Crippen MR) is 165 cm³/mol. The number of benzene rings is 1. The summed E-state index contributed by atoms with van der Waals surface area (Å²) in [5.74, 6) is 6.15. The molecule has 0 radical (unpaired) electrons. The number of fused-ring (bicyclic) bond motifs is 1. The van der Waals surface area contributed by atoms with Crippen molar-refractivity contribution in [1.82, 2.24) is 19.2 Å².